The molecule has 3 fully saturated rings. The molecule has 37 heavy (non-hydrogen) atoms. The van der Waals surface area contributed by atoms with Gasteiger partial charge in [-0.05, 0) is 87.3 Å². The molecule has 0 spiro atoms. The van der Waals surface area contributed by atoms with Gasteiger partial charge in [-0.15, -0.1) is 0 Å². The van der Waals surface area contributed by atoms with E-state index >= 15 is 0 Å². The minimum atomic E-state index is -0.746. The molecule has 5 heteroatoms. The molecule has 5 aliphatic rings. The van der Waals surface area contributed by atoms with Crippen molar-refractivity contribution in [2.24, 2.45) is 28.1 Å². The maximum absolute atomic E-state index is 13.2. The van der Waals surface area contributed by atoms with Crippen LogP contribution in [-0.2, 0) is 19.0 Å². The molecule has 198 valence electrons. The molecule has 2 saturated carbocycles. The van der Waals surface area contributed by atoms with E-state index < -0.39 is 11.2 Å². The van der Waals surface area contributed by atoms with Gasteiger partial charge in [0.05, 0.1) is 13.2 Å². The van der Waals surface area contributed by atoms with Crippen molar-refractivity contribution in [2.75, 3.05) is 13.2 Å². The lowest BCUT2D eigenvalue weighted by Gasteiger charge is -2.56. The van der Waals surface area contributed by atoms with Crippen LogP contribution in [0.4, 0.5) is 0 Å². The highest BCUT2D eigenvalue weighted by Gasteiger charge is 2.55. The first kappa shape index (κ1) is 25.1. The van der Waals surface area contributed by atoms with E-state index in [-0.39, 0.29) is 22.9 Å². The minimum absolute atomic E-state index is 0.0615. The predicted molar refractivity (Wildman–Crippen MR) is 143 cm³/mol. The molecule has 1 saturated heterocycles. The van der Waals surface area contributed by atoms with Crippen LogP contribution in [0.25, 0.3) is 5.57 Å². The van der Waals surface area contributed by atoms with Crippen molar-refractivity contribution < 1.29 is 19.0 Å². The molecule has 1 aromatic rings. The van der Waals surface area contributed by atoms with Crippen LogP contribution in [0.3, 0.4) is 0 Å². The molecule has 0 aromatic carbocycles. The van der Waals surface area contributed by atoms with Crippen molar-refractivity contribution in [1.82, 2.24) is 4.98 Å². The van der Waals surface area contributed by atoms with Gasteiger partial charge >= 0.3 is 5.97 Å². The molecule has 5 atom stereocenters. The van der Waals surface area contributed by atoms with Gasteiger partial charge in [0.15, 0.2) is 5.79 Å². The van der Waals surface area contributed by atoms with E-state index in [1.807, 2.05) is 39.2 Å². The predicted octanol–water partition coefficient (Wildman–Crippen LogP) is 6.66. The van der Waals surface area contributed by atoms with Gasteiger partial charge in [0.1, 0.15) is 11.5 Å². The summed E-state index contributed by atoms with van der Waals surface area (Å²) in [5.74, 6) is 0.389. The van der Waals surface area contributed by atoms with Crippen molar-refractivity contribution in [3.05, 3.63) is 59.5 Å². The van der Waals surface area contributed by atoms with E-state index in [1.165, 1.54) is 29.6 Å². The summed E-state index contributed by atoms with van der Waals surface area (Å²) in [4.78, 5) is 17.5. The van der Waals surface area contributed by atoms with Crippen molar-refractivity contribution in [2.45, 2.75) is 85.0 Å². The molecule has 1 unspecified atom stereocenters. The average Bonchev–Trinajstić information content (AvgIpc) is 3.24. The number of hydrogen-bond acceptors (Lipinski definition) is 5. The van der Waals surface area contributed by atoms with Gasteiger partial charge in [0.2, 0.25) is 0 Å². The number of aromatic nitrogens is 1. The molecule has 5 nitrogen and oxygen atoms in total. The second kappa shape index (κ2) is 8.64. The molecule has 1 aliphatic heterocycles. The number of rotatable bonds is 3. The fourth-order valence-corrected chi connectivity index (χ4v) is 7.83. The quantitative estimate of drug-likeness (QED) is 0.341. The zero-order chi connectivity index (χ0) is 26.1. The highest BCUT2D eigenvalue weighted by atomic mass is 16.7. The summed E-state index contributed by atoms with van der Waals surface area (Å²) in [6.07, 6.45) is 17.4. The maximum Gasteiger partial charge on any atom is 0.316 e. The Morgan fingerprint density at radius 1 is 1.05 bits per heavy atom. The van der Waals surface area contributed by atoms with E-state index in [0.717, 1.165) is 25.7 Å². The van der Waals surface area contributed by atoms with Gasteiger partial charge in [-0.1, -0.05) is 49.3 Å². The second-order valence-corrected chi connectivity index (χ2v) is 13.2. The Kier molecular flexibility index (Phi) is 5.85. The average molecular weight is 504 g/mol. The summed E-state index contributed by atoms with van der Waals surface area (Å²) in [5.41, 5.74) is 5.33. The first-order valence-corrected chi connectivity index (χ1v) is 14.1. The molecule has 6 rings (SSSR count). The van der Waals surface area contributed by atoms with Crippen LogP contribution >= 0.6 is 0 Å². The topological polar surface area (TPSA) is 57.7 Å². The molecule has 1 aromatic heterocycles. The van der Waals surface area contributed by atoms with E-state index in [4.69, 9.17) is 14.2 Å². The fourth-order valence-electron chi connectivity index (χ4n) is 7.83. The fraction of sp³-hybridized carbons (Fsp3) is 0.625. The van der Waals surface area contributed by atoms with E-state index in [1.54, 1.807) is 5.57 Å². The van der Waals surface area contributed by atoms with Gasteiger partial charge in [-0.25, -0.2) is 0 Å². The minimum Gasteiger partial charge on any atom is -0.461 e. The van der Waals surface area contributed by atoms with Crippen molar-refractivity contribution >= 4 is 11.5 Å². The summed E-state index contributed by atoms with van der Waals surface area (Å²) < 4.78 is 17.7. The van der Waals surface area contributed by atoms with Crippen LogP contribution in [0.2, 0.25) is 0 Å². The lowest BCUT2D eigenvalue weighted by atomic mass is 9.49. The third-order valence-corrected chi connectivity index (χ3v) is 10.3. The number of allylic oxidation sites excluding steroid dienone is 5. The Bertz CT molecular complexity index is 1170. The first-order valence-electron chi connectivity index (χ1n) is 14.1. The summed E-state index contributed by atoms with van der Waals surface area (Å²) in [5, 5.41) is 0. The van der Waals surface area contributed by atoms with E-state index in [0.29, 0.717) is 25.0 Å². The lowest BCUT2D eigenvalue weighted by Crippen LogP contribution is -2.51. The SMILES string of the molecule is CC1(C)OCC(C)(C(=O)O[C@H]2CC[C@@]3(C)C(=CCC4C5=CC=C(c6cccnc6)[C@@]5(C)CC[C@@H]43)C2)CO1. The van der Waals surface area contributed by atoms with Gasteiger partial charge in [-0.3, -0.25) is 9.78 Å². The number of carbonyl (C=O) groups excluding carboxylic acids is 1. The zero-order valence-corrected chi connectivity index (χ0v) is 23.0. The Hall–Kier alpha value is -2.24. The molecule has 0 N–H and O–H groups in total. The molecule has 4 aliphatic carbocycles. The molecule has 0 bridgehead atoms. The smallest absolute Gasteiger partial charge is 0.316 e. The molecule has 0 radical (unpaired) electrons. The Morgan fingerprint density at radius 3 is 2.57 bits per heavy atom. The normalized spacial score (nSPS) is 37.8. The van der Waals surface area contributed by atoms with Crippen molar-refractivity contribution in [3.63, 3.8) is 0 Å². The summed E-state index contributed by atoms with van der Waals surface area (Å²) in [6.45, 7) is 11.2. The summed E-state index contributed by atoms with van der Waals surface area (Å²) in [6, 6.07) is 4.24. The van der Waals surface area contributed by atoms with Gasteiger partial charge in [0, 0.05) is 24.2 Å². The number of fused-ring (bicyclic) bond motifs is 5. The molecular formula is C32H41NO4. The number of esters is 1. The summed E-state index contributed by atoms with van der Waals surface area (Å²) >= 11 is 0. The largest absolute Gasteiger partial charge is 0.461 e. The molecule has 0 amide bonds. The highest BCUT2D eigenvalue weighted by Crippen LogP contribution is 2.64. The second-order valence-electron chi connectivity index (χ2n) is 13.2. The number of carbonyl (C=O) groups is 1. The van der Waals surface area contributed by atoms with Crippen LogP contribution in [0, 0.1) is 28.1 Å². The van der Waals surface area contributed by atoms with Crippen LogP contribution in [0.5, 0.6) is 0 Å². The standard InChI is InChI=1S/C32H41NO4/c1-29(2)35-19-30(3,20-36-29)28(34)37-23-12-14-31(4)22(17-23)8-9-24-26-11-10-25(21-7-6-16-33-18-21)32(26,5)15-13-27(24)31/h6-8,10-11,16,18,23-24,27H,9,12-15,17,19-20H2,1-5H3/t23-,24?,27-,31-,32+/m0/s1. The van der Waals surface area contributed by atoms with Crippen molar-refractivity contribution in [1.29, 1.82) is 0 Å². The van der Waals surface area contributed by atoms with Crippen LogP contribution < -0.4 is 0 Å². The zero-order valence-electron chi connectivity index (χ0n) is 23.0. The number of hydrogen-bond donors (Lipinski definition) is 0. The van der Waals surface area contributed by atoms with Crippen molar-refractivity contribution in [3.8, 4) is 0 Å². The molecular weight excluding hydrogens is 462 g/mol. The Morgan fingerprint density at radius 2 is 1.84 bits per heavy atom. The molecule has 2 heterocycles. The van der Waals surface area contributed by atoms with Gasteiger partial charge < -0.3 is 14.2 Å². The Balaban J connectivity index is 1.16. The maximum atomic E-state index is 13.2. The number of ether oxygens (including phenoxy) is 3. The first-order chi connectivity index (χ1) is 17.5. The lowest BCUT2D eigenvalue weighted by molar-refractivity contribution is -0.282. The highest BCUT2D eigenvalue weighted by molar-refractivity contribution is 5.78. The van der Waals surface area contributed by atoms with Gasteiger partial charge in [-0.2, -0.15) is 0 Å². The van der Waals surface area contributed by atoms with Gasteiger partial charge in [0.25, 0.3) is 0 Å². The van der Waals surface area contributed by atoms with Crippen LogP contribution in [0.15, 0.2) is 53.9 Å². The van der Waals surface area contributed by atoms with E-state index in [9.17, 15) is 4.79 Å². The summed E-state index contributed by atoms with van der Waals surface area (Å²) in [7, 11) is 0. The monoisotopic (exact) mass is 503 g/mol. The third-order valence-electron chi connectivity index (χ3n) is 10.3. The Labute approximate surface area is 221 Å². The third kappa shape index (κ3) is 4.04. The van der Waals surface area contributed by atoms with Crippen LogP contribution in [0.1, 0.15) is 78.7 Å². The van der Waals surface area contributed by atoms with Crippen LogP contribution in [-0.4, -0.2) is 36.1 Å². The number of nitrogens with zero attached hydrogens (tertiary/aromatic N) is 1. The van der Waals surface area contributed by atoms with E-state index in [2.05, 4.69) is 43.1 Å². The number of pyridine rings is 1.